The summed E-state index contributed by atoms with van der Waals surface area (Å²) in [5, 5.41) is 19.7. The fourth-order valence-electron chi connectivity index (χ4n) is 2.89. The molecule has 1 heterocycles. The number of ether oxygens (including phenoxy) is 4. The summed E-state index contributed by atoms with van der Waals surface area (Å²) in [7, 11) is 0. The average Bonchev–Trinajstić information content (AvgIpc) is 2.89. The van der Waals surface area contributed by atoms with Gasteiger partial charge in [0.15, 0.2) is 0 Å². The van der Waals surface area contributed by atoms with Crippen LogP contribution in [-0.4, -0.2) is 96.0 Å². The minimum Gasteiger partial charge on any atom is -0.460 e. The summed E-state index contributed by atoms with van der Waals surface area (Å²) in [6, 6.07) is -0.228. The van der Waals surface area contributed by atoms with Gasteiger partial charge in [0.05, 0.1) is 57.5 Å². The Hall–Kier alpha value is -1.26. The molecular formula is C21H39NO8. The minimum absolute atomic E-state index is 0.134. The van der Waals surface area contributed by atoms with Crippen LogP contribution in [0.3, 0.4) is 0 Å². The average molecular weight is 434 g/mol. The molecule has 1 aliphatic heterocycles. The number of likely N-dealkylation sites (tertiary alicyclic amines) is 1. The van der Waals surface area contributed by atoms with E-state index in [1.165, 1.54) is 0 Å². The molecule has 2 unspecified atom stereocenters. The quantitative estimate of drug-likeness (QED) is 0.362. The lowest BCUT2D eigenvalue weighted by Gasteiger charge is -2.27. The molecule has 9 nitrogen and oxygen atoms in total. The van der Waals surface area contributed by atoms with Crippen molar-refractivity contribution in [1.82, 2.24) is 4.90 Å². The van der Waals surface area contributed by atoms with Crippen LogP contribution < -0.4 is 0 Å². The van der Waals surface area contributed by atoms with Crippen LogP contribution in [0.1, 0.15) is 54.4 Å². The van der Waals surface area contributed by atoms with E-state index in [1.54, 1.807) is 41.5 Å². The maximum atomic E-state index is 11.8. The zero-order chi connectivity index (χ0) is 22.9. The SMILES string of the molecule is CC(C)(C)OC(=O)CCOCC(COCCC(=O)OC(C)(C)C)N1CC(O)C(O)C1. The topological polar surface area (TPSA) is 115 Å². The number of rotatable bonds is 11. The number of aliphatic hydroxyl groups excluding tert-OH is 2. The predicted molar refractivity (Wildman–Crippen MR) is 110 cm³/mol. The lowest BCUT2D eigenvalue weighted by atomic mass is 10.2. The summed E-state index contributed by atoms with van der Waals surface area (Å²) in [6.45, 7) is 12.4. The highest BCUT2D eigenvalue weighted by molar-refractivity contribution is 5.70. The Bertz CT molecular complexity index is 494. The second-order valence-electron chi connectivity index (χ2n) is 9.57. The van der Waals surface area contributed by atoms with Gasteiger partial charge in [-0.25, -0.2) is 0 Å². The molecule has 0 spiro atoms. The van der Waals surface area contributed by atoms with Crippen LogP contribution in [0.4, 0.5) is 0 Å². The largest absolute Gasteiger partial charge is 0.460 e. The second-order valence-corrected chi connectivity index (χ2v) is 9.57. The normalized spacial score (nSPS) is 20.6. The lowest BCUT2D eigenvalue weighted by Crippen LogP contribution is -2.41. The molecule has 176 valence electrons. The van der Waals surface area contributed by atoms with E-state index in [2.05, 4.69) is 0 Å². The minimum atomic E-state index is -0.823. The third kappa shape index (κ3) is 11.8. The van der Waals surface area contributed by atoms with Gasteiger partial charge in [-0.05, 0) is 41.5 Å². The van der Waals surface area contributed by atoms with Crippen molar-refractivity contribution < 1.29 is 38.7 Å². The van der Waals surface area contributed by atoms with Crippen molar-refractivity contribution in [3.05, 3.63) is 0 Å². The molecule has 1 aliphatic rings. The number of β-amino-alcohol motifs (C(OH)–C–C–N with tert-alkyl or cyclic N) is 2. The van der Waals surface area contributed by atoms with Gasteiger partial charge >= 0.3 is 11.9 Å². The van der Waals surface area contributed by atoms with Crippen molar-refractivity contribution in [3.8, 4) is 0 Å². The smallest absolute Gasteiger partial charge is 0.308 e. The van der Waals surface area contributed by atoms with Gasteiger partial charge in [-0.3, -0.25) is 14.5 Å². The molecule has 2 N–H and O–H groups in total. The van der Waals surface area contributed by atoms with Gasteiger partial charge < -0.3 is 29.2 Å². The van der Waals surface area contributed by atoms with Gasteiger partial charge in [0.25, 0.3) is 0 Å². The number of carbonyl (C=O) groups is 2. The van der Waals surface area contributed by atoms with Gasteiger partial charge in [0, 0.05) is 13.1 Å². The molecule has 1 fully saturated rings. The summed E-state index contributed by atoms with van der Waals surface area (Å²) >= 11 is 0. The number of carbonyl (C=O) groups excluding carboxylic acids is 2. The first-order valence-corrected chi connectivity index (χ1v) is 10.5. The molecule has 30 heavy (non-hydrogen) atoms. The number of hydrogen-bond acceptors (Lipinski definition) is 9. The molecule has 0 amide bonds. The van der Waals surface area contributed by atoms with Crippen LogP contribution in [0.25, 0.3) is 0 Å². The number of hydrogen-bond donors (Lipinski definition) is 2. The summed E-state index contributed by atoms with van der Waals surface area (Å²) < 4.78 is 21.8. The van der Waals surface area contributed by atoms with E-state index in [-0.39, 0.29) is 57.2 Å². The van der Waals surface area contributed by atoms with Crippen LogP contribution in [0.2, 0.25) is 0 Å². The Morgan fingerprint density at radius 3 is 1.53 bits per heavy atom. The van der Waals surface area contributed by atoms with Crippen molar-refractivity contribution in [2.24, 2.45) is 0 Å². The maximum Gasteiger partial charge on any atom is 0.308 e. The Morgan fingerprint density at radius 2 is 1.20 bits per heavy atom. The summed E-state index contributed by atoms with van der Waals surface area (Å²) in [5.41, 5.74) is -1.08. The van der Waals surface area contributed by atoms with Gasteiger partial charge in [-0.2, -0.15) is 0 Å². The molecule has 0 radical (unpaired) electrons. The predicted octanol–water partition coefficient (Wildman–Crippen LogP) is 0.889. The number of nitrogens with zero attached hydrogens (tertiary/aromatic N) is 1. The van der Waals surface area contributed by atoms with Crippen molar-refractivity contribution in [2.45, 2.75) is 83.8 Å². The van der Waals surface area contributed by atoms with Gasteiger partial charge in [0.2, 0.25) is 0 Å². The van der Waals surface area contributed by atoms with Crippen molar-refractivity contribution in [2.75, 3.05) is 39.5 Å². The highest BCUT2D eigenvalue weighted by atomic mass is 16.6. The van der Waals surface area contributed by atoms with Gasteiger partial charge in [-0.1, -0.05) is 0 Å². The number of aliphatic hydroxyl groups is 2. The van der Waals surface area contributed by atoms with E-state index in [0.717, 1.165) is 0 Å². The number of esters is 2. The van der Waals surface area contributed by atoms with Crippen LogP contribution in [0.15, 0.2) is 0 Å². The molecule has 0 saturated carbocycles. The first kappa shape index (κ1) is 26.8. The fraction of sp³-hybridized carbons (Fsp3) is 0.905. The Kier molecular flexibility index (Phi) is 10.7. The van der Waals surface area contributed by atoms with Gasteiger partial charge in [-0.15, -0.1) is 0 Å². The summed E-state index contributed by atoms with van der Waals surface area (Å²) in [4.78, 5) is 25.4. The van der Waals surface area contributed by atoms with Crippen molar-refractivity contribution in [3.63, 3.8) is 0 Å². The Labute approximate surface area is 179 Å². The molecular weight excluding hydrogens is 394 g/mol. The molecule has 9 heteroatoms. The first-order valence-electron chi connectivity index (χ1n) is 10.5. The standard InChI is InChI=1S/C21H39NO8/c1-20(2,3)29-18(25)7-9-27-13-15(22-11-16(23)17(24)12-22)14-28-10-8-19(26)30-21(4,5)6/h15-17,23-24H,7-14H2,1-6H3. The second kappa shape index (κ2) is 12.0. The summed E-state index contributed by atoms with van der Waals surface area (Å²) in [5.74, 6) is -0.667. The molecule has 1 saturated heterocycles. The van der Waals surface area contributed by atoms with Crippen molar-refractivity contribution >= 4 is 11.9 Å². The van der Waals surface area contributed by atoms with E-state index < -0.39 is 23.4 Å². The first-order chi connectivity index (χ1) is 13.8. The molecule has 0 aromatic heterocycles. The third-order valence-electron chi connectivity index (χ3n) is 4.17. The zero-order valence-corrected chi connectivity index (χ0v) is 19.2. The van der Waals surface area contributed by atoms with E-state index >= 15 is 0 Å². The monoisotopic (exact) mass is 433 g/mol. The van der Waals surface area contributed by atoms with Gasteiger partial charge in [0.1, 0.15) is 11.2 Å². The Balaban J connectivity index is 2.42. The molecule has 2 atom stereocenters. The lowest BCUT2D eigenvalue weighted by molar-refractivity contribution is -0.157. The molecule has 0 aromatic rings. The van der Waals surface area contributed by atoms with E-state index in [4.69, 9.17) is 18.9 Å². The van der Waals surface area contributed by atoms with E-state index in [0.29, 0.717) is 13.1 Å². The van der Waals surface area contributed by atoms with Crippen LogP contribution >= 0.6 is 0 Å². The Morgan fingerprint density at radius 1 is 0.833 bits per heavy atom. The van der Waals surface area contributed by atoms with Crippen LogP contribution in [0.5, 0.6) is 0 Å². The van der Waals surface area contributed by atoms with Crippen molar-refractivity contribution in [1.29, 1.82) is 0 Å². The molecule has 0 bridgehead atoms. The molecule has 0 aliphatic carbocycles. The highest BCUT2D eigenvalue weighted by Crippen LogP contribution is 2.15. The van der Waals surface area contributed by atoms with Crippen LogP contribution in [0, 0.1) is 0 Å². The van der Waals surface area contributed by atoms with Crippen LogP contribution in [-0.2, 0) is 28.5 Å². The zero-order valence-electron chi connectivity index (χ0n) is 19.2. The third-order valence-corrected chi connectivity index (χ3v) is 4.17. The molecule has 0 aromatic carbocycles. The maximum absolute atomic E-state index is 11.8. The molecule has 1 rings (SSSR count). The van der Waals surface area contributed by atoms with E-state index in [1.807, 2.05) is 4.90 Å². The van der Waals surface area contributed by atoms with E-state index in [9.17, 15) is 19.8 Å². The summed E-state index contributed by atoms with van der Waals surface area (Å²) in [6.07, 6.45) is -1.38. The fourth-order valence-corrected chi connectivity index (χ4v) is 2.89. The highest BCUT2D eigenvalue weighted by Gasteiger charge is 2.34.